The van der Waals surface area contributed by atoms with E-state index < -0.39 is 0 Å². The van der Waals surface area contributed by atoms with Gasteiger partial charge in [0.15, 0.2) is 5.82 Å². The second-order valence-corrected chi connectivity index (χ2v) is 18.7. The zero-order chi connectivity index (χ0) is 43.7. The summed E-state index contributed by atoms with van der Waals surface area (Å²) in [4.78, 5) is 10.9. The van der Waals surface area contributed by atoms with Crippen LogP contribution in [0.5, 0.6) is 0 Å². The van der Waals surface area contributed by atoms with E-state index in [0.717, 1.165) is 60.9 Å². The fourth-order valence-electron chi connectivity index (χ4n) is 11.1. The molecular formula is C62H36N4S. The van der Waals surface area contributed by atoms with Crippen LogP contribution in [0, 0.1) is 0 Å². The number of aromatic nitrogens is 4. The highest BCUT2D eigenvalue weighted by Gasteiger charge is 2.22. The Morgan fingerprint density at radius 1 is 0.343 bits per heavy atom. The van der Waals surface area contributed by atoms with E-state index in [1.165, 1.54) is 74.3 Å². The molecule has 4 nitrogen and oxygen atoms in total. The van der Waals surface area contributed by atoms with Crippen molar-refractivity contribution >= 4 is 118 Å². The molecule has 0 amide bonds. The molecule has 0 saturated heterocycles. The van der Waals surface area contributed by atoms with Crippen molar-refractivity contribution in [3.8, 4) is 34.0 Å². The summed E-state index contributed by atoms with van der Waals surface area (Å²) in [6, 6.07) is 79.7. The average molecular weight is 869 g/mol. The third kappa shape index (κ3) is 5.29. The van der Waals surface area contributed by atoms with Gasteiger partial charge in [-0.25, -0.2) is 9.97 Å². The molecule has 0 fully saturated rings. The lowest BCUT2D eigenvalue weighted by atomic mass is 10.0. The molecule has 0 atom stereocenters. The third-order valence-electron chi connectivity index (χ3n) is 14.1. The largest absolute Gasteiger partial charge is 0.309 e. The van der Waals surface area contributed by atoms with Crippen molar-refractivity contribution in [2.45, 2.75) is 0 Å². The first-order valence-corrected chi connectivity index (χ1v) is 23.6. The Kier molecular flexibility index (Phi) is 7.63. The summed E-state index contributed by atoms with van der Waals surface area (Å²) < 4.78 is 7.46. The number of benzene rings is 11. The van der Waals surface area contributed by atoms with Gasteiger partial charge in [0, 0.05) is 69.3 Å². The molecule has 67 heavy (non-hydrogen) atoms. The molecule has 5 heteroatoms. The van der Waals surface area contributed by atoms with Crippen LogP contribution in [0.25, 0.3) is 141 Å². The number of fused-ring (bicyclic) bond motifs is 14. The number of hydrogen-bond acceptors (Lipinski definition) is 3. The Balaban J connectivity index is 0.989. The predicted molar refractivity (Wildman–Crippen MR) is 284 cm³/mol. The third-order valence-corrected chi connectivity index (χ3v) is 15.3. The topological polar surface area (TPSA) is 35.6 Å². The Labute approximate surface area is 387 Å². The van der Waals surface area contributed by atoms with E-state index >= 15 is 0 Å². The number of rotatable bonds is 4. The van der Waals surface area contributed by atoms with Gasteiger partial charge in [0.2, 0.25) is 0 Å². The van der Waals surface area contributed by atoms with Gasteiger partial charge in [-0.2, -0.15) is 0 Å². The van der Waals surface area contributed by atoms with Crippen LogP contribution in [0.2, 0.25) is 0 Å². The van der Waals surface area contributed by atoms with Gasteiger partial charge in [-0.05, 0) is 81.5 Å². The van der Waals surface area contributed by atoms with E-state index in [9.17, 15) is 0 Å². The van der Waals surface area contributed by atoms with E-state index in [0.29, 0.717) is 5.82 Å². The second kappa shape index (κ2) is 13.9. The molecule has 0 saturated carbocycles. The first-order valence-electron chi connectivity index (χ1n) is 22.8. The van der Waals surface area contributed by atoms with Crippen LogP contribution in [0.1, 0.15) is 0 Å². The van der Waals surface area contributed by atoms with Crippen LogP contribution in [0.15, 0.2) is 218 Å². The van der Waals surface area contributed by atoms with Crippen LogP contribution < -0.4 is 0 Å². The van der Waals surface area contributed by atoms with E-state index in [2.05, 4.69) is 228 Å². The molecule has 0 radical (unpaired) electrons. The van der Waals surface area contributed by atoms with Crippen LogP contribution in [0.3, 0.4) is 0 Å². The van der Waals surface area contributed by atoms with Crippen molar-refractivity contribution in [1.82, 2.24) is 19.1 Å². The van der Waals surface area contributed by atoms with Crippen LogP contribution >= 0.6 is 11.3 Å². The number of hydrogen-bond donors (Lipinski definition) is 0. The first-order chi connectivity index (χ1) is 33.2. The quantitative estimate of drug-likeness (QED) is 0.177. The molecule has 4 heterocycles. The molecule has 0 aliphatic carbocycles. The summed E-state index contributed by atoms with van der Waals surface area (Å²) in [5.41, 5.74) is 10.9. The van der Waals surface area contributed by atoms with Gasteiger partial charge >= 0.3 is 0 Å². The van der Waals surface area contributed by atoms with Crippen molar-refractivity contribution in [2.24, 2.45) is 0 Å². The van der Waals surface area contributed by atoms with Crippen molar-refractivity contribution in [1.29, 1.82) is 0 Å². The van der Waals surface area contributed by atoms with Gasteiger partial charge in [-0.15, -0.1) is 11.3 Å². The maximum Gasteiger partial charge on any atom is 0.161 e. The van der Waals surface area contributed by atoms with Crippen LogP contribution in [0.4, 0.5) is 0 Å². The highest BCUT2D eigenvalue weighted by Crippen LogP contribution is 2.44. The molecule has 0 unspecified atom stereocenters. The van der Waals surface area contributed by atoms with Crippen molar-refractivity contribution in [2.75, 3.05) is 0 Å². The van der Waals surface area contributed by atoms with E-state index in [1.807, 2.05) is 11.3 Å². The Hall–Kier alpha value is -8.64. The summed E-state index contributed by atoms with van der Waals surface area (Å²) in [7, 11) is 0. The molecular weight excluding hydrogens is 833 g/mol. The molecule has 15 rings (SSSR count). The number of para-hydroxylation sites is 2. The van der Waals surface area contributed by atoms with Gasteiger partial charge in [-0.3, -0.25) is 0 Å². The smallest absolute Gasteiger partial charge is 0.161 e. The number of nitrogens with zero attached hydrogens (tertiary/aromatic N) is 4. The Morgan fingerprint density at radius 3 is 1.91 bits per heavy atom. The molecule has 0 aliphatic heterocycles. The first kappa shape index (κ1) is 36.7. The van der Waals surface area contributed by atoms with Crippen molar-refractivity contribution in [3.05, 3.63) is 218 Å². The number of thiophene rings is 1. The molecule has 0 bridgehead atoms. The van der Waals surface area contributed by atoms with Gasteiger partial charge in [0.05, 0.1) is 39.0 Å². The highest BCUT2D eigenvalue weighted by atomic mass is 32.1. The molecule has 15 aromatic rings. The molecule has 0 N–H and O–H groups in total. The van der Waals surface area contributed by atoms with Gasteiger partial charge < -0.3 is 9.13 Å². The minimum absolute atomic E-state index is 0.712. The molecule has 4 aromatic heterocycles. The Bertz CT molecular complexity index is 4590. The minimum atomic E-state index is 0.712. The standard InChI is InChI=1S/C62H36N4S/c1-2-16-39-35-56-51(34-38(39)15-1)44-32-31-40(65-54-27-9-6-20-49(54)59-41-17-4-3-14-37(41)30-33-55(59)65)36-57(44)66(56)53-28-13-21-42-43(53)22-11-24-47(42)62-63-52-26-8-5-19-48(52)60(64-62)50-25-12-23-46-45-18-7-10-29-58(45)67-61(46)50/h1-36H. The van der Waals surface area contributed by atoms with Gasteiger partial charge in [0.1, 0.15) is 0 Å². The molecule has 11 aromatic carbocycles. The SMILES string of the molecule is c1ccc2cc3c(cc2c1)c1ccc(-n2c4ccccc4c4c5ccccc5ccc42)cc1n3-c1cccc2c(-c3nc(-c4cccc5c4sc4ccccc45)c4ccccc4n3)cccc12. The second-order valence-electron chi connectivity index (χ2n) is 17.7. The molecule has 310 valence electrons. The minimum Gasteiger partial charge on any atom is -0.309 e. The normalized spacial score (nSPS) is 12.2. The lowest BCUT2D eigenvalue weighted by Gasteiger charge is -2.15. The van der Waals surface area contributed by atoms with E-state index in [1.54, 1.807) is 0 Å². The lowest BCUT2D eigenvalue weighted by Crippen LogP contribution is -1.99. The van der Waals surface area contributed by atoms with Crippen LogP contribution in [-0.2, 0) is 0 Å². The summed E-state index contributed by atoms with van der Waals surface area (Å²) >= 11 is 1.84. The van der Waals surface area contributed by atoms with E-state index in [-0.39, 0.29) is 0 Å². The highest BCUT2D eigenvalue weighted by molar-refractivity contribution is 7.26. The van der Waals surface area contributed by atoms with Crippen molar-refractivity contribution < 1.29 is 0 Å². The fourth-order valence-corrected chi connectivity index (χ4v) is 12.3. The maximum absolute atomic E-state index is 5.53. The average Bonchev–Trinajstić information content (AvgIpc) is 4.04. The summed E-state index contributed by atoms with van der Waals surface area (Å²) in [6.45, 7) is 0. The zero-order valence-corrected chi connectivity index (χ0v) is 36.8. The summed E-state index contributed by atoms with van der Waals surface area (Å²) in [5, 5.41) is 15.7. The summed E-state index contributed by atoms with van der Waals surface area (Å²) in [6.07, 6.45) is 0. The maximum atomic E-state index is 5.53. The lowest BCUT2D eigenvalue weighted by molar-refractivity contribution is 1.16. The summed E-state index contributed by atoms with van der Waals surface area (Å²) in [5.74, 6) is 0.712. The fraction of sp³-hybridized carbons (Fsp3) is 0. The predicted octanol–water partition coefficient (Wildman–Crippen LogP) is 17.0. The monoisotopic (exact) mass is 868 g/mol. The molecule has 0 spiro atoms. The zero-order valence-electron chi connectivity index (χ0n) is 36.0. The van der Waals surface area contributed by atoms with Gasteiger partial charge in [-0.1, -0.05) is 164 Å². The van der Waals surface area contributed by atoms with E-state index in [4.69, 9.17) is 9.97 Å². The molecule has 0 aliphatic rings. The van der Waals surface area contributed by atoms with Crippen molar-refractivity contribution in [3.63, 3.8) is 0 Å². The van der Waals surface area contributed by atoms with Gasteiger partial charge in [0.25, 0.3) is 0 Å². The Morgan fingerprint density at radius 2 is 1.01 bits per heavy atom. The van der Waals surface area contributed by atoms with Crippen LogP contribution in [-0.4, -0.2) is 19.1 Å².